The van der Waals surface area contributed by atoms with Crippen molar-refractivity contribution < 1.29 is 14.4 Å². The Hall–Kier alpha value is -2.71. The van der Waals surface area contributed by atoms with Crippen molar-refractivity contribution in [3.63, 3.8) is 0 Å². The molecule has 0 aromatic carbocycles. The highest BCUT2D eigenvalue weighted by Gasteiger charge is 2.23. The number of amides is 1. The zero-order valence-electron chi connectivity index (χ0n) is 25.6. The number of carbonyl (C=O) groups excluding carboxylic acids is 3. The summed E-state index contributed by atoms with van der Waals surface area (Å²) in [6, 6.07) is 3.24. The fourth-order valence-corrected chi connectivity index (χ4v) is 4.15. The van der Waals surface area contributed by atoms with Gasteiger partial charge in [-0.25, -0.2) is 4.98 Å². The number of rotatable bonds is 17. The van der Waals surface area contributed by atoms with Gasteiger partial charge in [0.1, 0.15) is 5.78 Å². The van der Waals surface area contributed by atoms with E-state index in [1.807, 2.05) is 26.1 Å². The summed E-state index contributed by atoms with van der Waals surface area (Å²) >= 11 is 5.17. The molecular formula is C29H52N8O3S2. The number of carbonyl (C=O) groups is 3. The van der Waals surface area contributed by atoms with Crippen molar-refractivity contribution in [3.8, 4) is 0 Å². The number of hydrogen-bond acceptors (Lipinski definition) is 11. The summed E-state index contributed by atoms with van der Waals surface area (Å²) in [6.45, 7) is 7.54. The Morgan fingerprint density at radius 2 is 1.74 bits per heavy atom. The third-order valence-corrected chi connectivity index (χ3v) is 6.54. The highest BCUT2D eigenvalue weighted by molar-refractivity contribution is 7.78. The molecule has 0 spiro atoms. The van der Waals surface area contributed by atoms with Crippen LogP contribution in [-0.2, 0) is 16.1 Å². The van der Waals surface area contributed by atoms with Crippen LogP contribution in [0, 0.1) is 5.41 Å². The number of nitrogens with two attached hydrogens (primary N) is 2. The SMILES string of the molecule is CCC(=O)N[C@@H](CCCNC)C(=O)c1nccs1.CCCCC[C@H](N)C(=O)CCC.N=CN.SNCc1ccncc1. The molecule has 0 radical (unpaired) electrons. The quantitative estimate of drug-likeness (QED) is 0.0448. The van der Waals surface area contributed by atoms with Crippen molar-refractivity contribution in [2.75, 3.05) is 13.6 Å². The van der Waals surface area contributed by atoms with Crippen LogP contribution in [0.1, 0.15) is 93.9 Å². The van der Waals surface area contributed by atoms with Crippen LogP contribution in [0.2, 0.25) is 0 Å². The summed E-state index contributed by atoms with van der Waals surface area (Å²) in [5.74, 6) is 0.0332. The van der Waals surface area contributed by atoms with E-state index < -0.39 is 6.04 Å². The van der Waals surface area contributed by atoms with Gasteiger partial charge >= 0.3 is 0 Å². The van der Waals surface area contributed by atoms with Gasteiger partial charge < -0.3 is 22.1 Å². The predicted molar refractivity (Wildman–Crippen MR) is 177 cm³/mol. The molecule has 13 heteroatoms. The van der Waals surface area contributed by atoms with Crippen molar-refractivity contribution in [1.29, 1.82) is 5.41 Å². The standard InChI is InChI=1S/C12H19N3O2S.C10H21NO.C6H8N2S.CH4N2/c1-3-10(16)15-9(5-4-6-13-2)11(17)12-14-7-8-18-12;1-3-5-6-8-9(11)10(12)7-4-2;9-8-5-6-1-3-7-4-2-6;2-1-3/h7-9,13H,3-6H2,1-2H3,(H,15,16);9H,3-8,11H2,1-2H3;1-4,8-9H,5H2;1H,(H3,2,3)/t2*9-;;/m00../s1. The molecule has 42 heavy (non-hydrogen) atoms. The van der Waals surface area contributed by atoms with E-state index >= 15 is 0 Å². The number of Topliss-reactive ketones (excluding diaryl/α,β-unsaturated/α-hetero) is 2. The van der Waals surface area contributed by atoms with Gasteiger partial charge in [0.2, 0.25) is 11.7 Å². The first-order chi connectivity index (χ1) is 20.2. The monoisotopic (exact) mass is 624 g/mol. The van der Waals surface area contributed by atoms with Gasteiger partial charge in [0, 0.05) is 43.4 Å². The lowest BCUT2D eigenvalue weighted by Crippen LogP contribution is -2.40. The Kier molecular flexibility index (Phi) is 29.4. The van der Waals surface area contributed by atoms with Gasteiger partial charge in [-0.15, -0.1) is 11.3 Å². The third kappa shape index (κ3) is 22.9. The van der Waals surface area contributed by atoms with Crippen LogP contribution in [0.25, 0.3) is 0 Å². The number of hydrogen-bond donors (Lipinski definition) is 7. The van der Waals surface area contributed by atoms with Gasteiger partial charge in [0.15, 0.2) is 5.01 Å². The predicted octanol–water partition coefficient (Wildman–Crippen LogP) is 4.05. The molecule has 0 aliphatic rings. The maximum absolute atomic E-state index is 12.2. The molecule has 2 heterocycles. The van der Waals surface area contributed by atoms with Gasteiger partial charge in [-0.1, -0.05) is 52.8 Å². The summed E-state index contributed by atoms with van der Waals surface area (Å²) in [5.41, 5.74) is 11.3. The summed E-state index contributed by atoms with van der Waals surface area (Å²) in [5, 5.41) is 13.9. The molecule has 0 aliphatic carbocycles. The number of unbranched alkanes of at least 4 members (excludes halogenated alkanes) is 2. The number of pyridine rings is 1. The van der Waals surface area contributed by atoms with Gasteiger partial charge in [-0.3, -0.25) is 29.5 Å². The first kappa shape index (κ1) is 41.4. The molecule has 8 N–H and O–H groups in total. The van der Waals surface area contributed by atoms with Gasteiger partial charge in [-0.05, 0) is 57.0 Å². The van der Waals surface area contributed by atoms with Crippen molar-refractivity contribution in [1.82, 2.24) is 25.3 Å². The molecule has 0 fully saturated rings. The van der Waals surface area contributed by atoms with E-state index in [4.69, 9.17) is 11.1 Å². The number of thiol groups is 1. The van der Waals surface area contributed by atoms with Crippen molar-refractivity contribution >= 4 is 48.0 Å². The molecule has 2 rings (SSSR count). The molecule has 2 aromatic heterocycles. The normalized spacial score (nSPS) is 11.2. The highest BCUT2D eigenvalue weighted by Crippen LogP contribution is 2.11. The van der Waals surface area contributed by atoms with E-state index in [0.29, 0.717) is 24.3 Å². The summed E-state index contributed by atoms with van der Waals surface area (Å²) in [4.78, 5) is 42.7. The summed E-state index contributed by atoms with van der Waals surface area (Å²) < 4.78 is 2.75. The topological polar surface area (TPSA) is 189 Å². The lowest BCUT2D eigenvalue weighted by atomic mass is 10.0. The van der Waals surface area contributed by atoms with Gasteiger partial charge in [0.05, 0.1) is 18.4 Å². The number of nitrogens with one attached hydrogen (secondary N) is 4. The second-order valence-corrected chi connectivity index (χ2v) is 10.3. The highest BCUT2D eigenvalue weighted by atomic mass is 32.1. The Morgan fingerprint density at radius 3 is 2.24 bits per heavy atom. The number of aromatic nitrogens is 2. The zero-order valence-corrected chi connectivity index (χ0v) is 27.3. The third-order valence-electron chi connectivity index (χ3n) is 5.60. The number of thiazole rings is 1. The van der Waals surface area contributed by atoms with Crippen molar-refractivity contribution in [2.45, 2.75) is 97.2 Å². The Bertz CT molecular complexity index is 934. The zero-order chi connectivity index (χ0) is 32.0. The van der Waals surface area contributed by atoms with E-state index in [9.17, 15) is 14.4 Å². The molecule has 0 saturated heterocycles. The molecule has 0 bridgehead atoms. The Balaban J connectivity index is 0. The van der Waals surface area contributed by atoms with Crippen LogP contribution >= 0.6 is 24.2 Å². The second-order valence-electron chi connectivity index (χ2n) is 9.10. The van der Waals surface area contributed by atoms with Crippen LogP contribution < -0.4 is 26.8 Å². The molecule has 11 nitrogen and oxygen atoms in total. The fraction of sp³-hybridized carbons (Fsp3) is 0.586. The number of nitrogens with zero attached hydrogens (tertiary/aromatic N) is 2. The van der Waals surface area contributed by atoms with Crippen LogP contribution in [-0.4, -0.2) is 59.5 Å². The van der Waals surface area contributed by atoms with Crippen molar-refractivity contribution in [2.24, 2.45) is 11.5 Å². The first-order valence-electron chi connectivity index (χ1n) is 14.4. The first-order valence-corrected chi connectivity index (χ1v) is 15.7. The summed E-state index contributed by atoms with van der Waals surface area (Å²) in [7, 11) is 1.86. The largest absolute Gasteiger partial charge is 0.390 e. The Labute approximate surface area is 261 Å². The van der Waals surface area contributed by atoms with Gasteiger partial charge in [0.25, 0.3) is 0 Å². The van der Waals surface area contributed by atoms with Crippen LogP contribution in [0.3, 0.4) is 0 Å². The van der Waals surface area contributed by atoms with Crippen LogP contribution in [0.4, 0.5) is 0 Å². The maximum atomic E-state index is 12.2. The van der Waals surface area contributed by atoms with E-state index in [1.165, 1.54) is 29.7 Å². The van der Waals surface area contributed by atoms with E-state index in [2.05, 4.69) is 50.8 Å². The molecule has 1 amide bonds. The molecule has 0 aliphatic heterocycles. The number of ketones is 2. The maximum Gasteiger partial charge on any atom is 0.220 e. The van der Waals surface area contributed by atoms with Crippen LogP contribution in [0.5, 0.6) is 0 Å². The lowest BCUT2D eigenvalue weighted by molar-refractivity contribution is -0.121. The Morgan fingerprint density at radius 1 is 1.07 bits per heavy atom. The van der Waals surface area contributed by atoms with E-state index in [0.717, 1.165) is 45.1 Å². The molecular weight excluding hydrogens is 573 g/mol. The minimum atomic E-state index is -0.461. The lowest BCUT2D eigenvalue weighted by Gasteiger charge is -2.16. The van der Waals surface area contributed by atoms with Crippen molar-refractivity contribution in [3.05, 3.63) is 46.7 Å². The summed E-state index contributed by atoms with van der Waals surface area (Å²) in [6.07, 6.45) is 13.6. The fourth-order valence-electron chi connectivity index (χ4n) is 3.34. The van der Waals surface area contributed by atoms with E-state index in [-0.39, 0.29) is 23.5 Å². The molecule has 2 aromatic rings. The average molecular weight is 625 g/mol. The average Bonchev–Trinajstić information content (AvgIpc) is 3.53. The minimum absolute atomic E-state index is 0.0945. The smallest absolute Gasteiger partial charge is 0.220 e. The van der Waals surface area contributed by atoms with E-state index in [1.54, 1.807) is 30.9 Å². The second kappa shape index (κ2) is 29.8. The minimum Gasteiger partial charge on any atom is -0.390 e. The van der Waals surface area contributed by atoms with Gasteiger partial charge in [-0.2, -0.15) is 0 Å². The molecule has 238 valence electrons. The molecule has 2 atom stereocenters. The molecule has 0 saturated carbocycles. The van der Waals surface area contributed by atoms with Crippen LogP contribution in [0.15, 0.2) is 36.1 Å². The molecule has 0 unspecified atom stereocenters.